The van der Waals surface area contributed by atoms with Gasteiger partial charge in [0.25, 0.3) is 0 Å². The summed E-state index contributed by atoms with van der Waals surface area (Å²) in [6, 6.07) is 10.2. The number of benzene rings is 1. The van der Waals surface area contributed by atoms with Crippen LogP contribution in [-0.2, 0) is 11.2 Å². The molecule has 0 saturated carbocycles. The summed E-state index contributed by atoms with van der Waals surface area (Å²) in [6.45, 7) is 0. The smallest absolute Gasteiger partial charge is 0.158 e. The Morgan fingerprint density at radius 1 is 1.12 bits per heavy atom. The Bertz CT molecular complexity index is 376. The zero-order chi connectivity index (χ0) is 11.2. The van der Waals surface area contributed by atoms with Gasteiger partial charge in [-0.2, -0.15) is 0 Å². The molecule has 0 atom stereocenters. The van der Waals surface area contributed by atoms with Gasteiger partial charge in [0, 0.05) is 6.42 Å². The highest BCUT2D eigenvalue weighted by molar-refractivity contribution is 5.95. The highest BCUT2D eigenvalue weighted by Gasteiger charge is 2.11. The van der Waals surface area contributed by atoms with Crippen molar-refractivity contribution in [1.29, 1.82) is 0 Å². The number of ketones is 1. The first-order chi connectivity index (χ1) is 7.86. The molecule has 0 N–H and O–H groups in total. The second kappa shape index (κ2) is 5.64. The first kappa shape index (κ1) is 11.1. The minimum absolute atomic E-state index is 0.351. The van der Waals surface area contributed by atoms with Crippen molar-refractivity contribution >= 4 is 5.78 Å². The topological polar surface area (TPSA) is 17.1 Å². The lowest BCUT2D eigenvalue weighted by atomic mass is 9.93. The van der Waals surface area contributed by atoms with Gasteiger partial charge in [0.15, 0.2) is 5.78 Å². The average molecular weight is 214 g/mol. The quantitative estimate of drug-likeness (QED) is 0.747. The summed E-state index contributed by atoms with van der Waals surface area (Å²) >= 11 is 0. The van der Waals surface area contributed by atoms with Crippen LogP contribution in [0.2, 0.25) is 0 Å². The summed E-state index contributed by atoms with van der Waals surface area (Å²) in [5.74, 6) is 0.351. The molecule has 0 unspecified atom stereocenters. The molecule has 0 radical (unpaired) electrons. The minimum atomic E-state index is 0.351. The van der Waals surface area contributed by atoms with E-state index in [1.165, 1.54) is 18.4 Å². The van der Waals surface area contributed by atoms with E-state index in [1.807, 2.05) is 18.2 Å². The normalized spacial score (nSPS) is 15.6. The summed E-state index contributed by atoms with van der Waals surface area (Å²) in [5, 5.41) is 0. The van der Waals surface area contributed by atoms with E-state index in [0.29, 0.717) is 12.2 Å². The van der Waals surface area contributed by atoms with E-state index in [1.54, 1.807) is 0 Å². The lowest BCUT2D eigenvalue weighted by Crippen LogP contribution is -2.06. The van der Waals surface area contributed by atoms with Gasteiger partial charge in [0.2, 0.25) is 0 Å². The van der Waals surface area contributed by atoms with E-state index in [9.17, 15) is 4.79 Å². The third-order valence-electron chi connectivity index (χ3n) is 3.13. The molecule has 84 valence electrons. The fourth-order valence-corrected chi connectivity index (χ4v) is 2.15. The van der Waals surface area contributed by atoms with E-state index in [-0.39, 0.29) is 0 Å². The van der Waals surface area contributed by atoms with Crippen molar-refractivity contribution in [3.8, 4) is 0 Å². The Morgan fingerprint density at radius 3 is 2.62 bits per heavy atom. The molecule has 0 aromatic heterocycles. The predicted molar refractivity (Wildman–Crippen MR) is 66.3 cm³/mol. The van der Waals surface area contributed by atoms with Crippen molar-refractivity contribution in [2.45, 2.75) is 38.5 Å². The number of Topliss-reactive ketones (excluding diaryl/α,β-unsaturated/α-hetero) is 1. The molecule has 0 heterocycles. The second-order valence-corrected chi connectivity index (χ2v) is 4.38. The van der Waals surface area contributed by atoms with Crippen LogP contribution in [0.15, 0.2) is 42.0 Å². The van der Waals surface area contributed by atoms with E-state index in [4.69, 9.17) is 0 Å². The lowest BCUT2D eigenvalue weighted by molar-refractivity contribution is -0.115. The number of carbonyl (C=O) groups is 1. The maximum absolute atomic E-state index is 11.9. The van der Waals surface area contributed by atoms with Gasteiger partial charge in [-0.05, 0) is 43.2 Å². The fraction of sp³-hybridized carbons (Fsp3) is 0.400. The number of hydrogen-bond donors (Lipinski definition) is 0. The molecule has 1 aliphatic carbocycles. The minimum Gasteiger partial charge on any atom is -0.295 e. The number of hydrogen-bond acceptors (Lipinski definition) is 1. The highest BCUT2D eigenvalue weighted by atomic mass is 16.1. The van der Waals surface area contributed by atoms with E-state index in [2.05, 4.69) is 18.2 Å². The van der Waals surface area contributed by atoms with Crippen LogP contribution < -0.4 is 0 Å². The molecule has 0 amide bonds. The maximum atomic E-state index is 11.9. The van der Waals surface area contributed by atoms with Crippen LogP contribution in [0.4, 0.5) is 0 Å². The zero-order valence-corrected chi connectivity index (χ0v) is 9.61. The first-order valence-electron chi connectivity index (χ1n) is 6.12. The Morgan fingerprint density at radius 2 is 1.94 bits per heavy atom. The van der Waals surface area contributed by atoms with Crippen LogP contribution in [0, 0.1) is 0 Å². The Kier molecular flexibility index (Phi) is 3.92. The number of rotatable bonds is 4. The average Bonchev–Trinajstić information content (AvgIpc) is 2.38. The van der Waals surface area contributed by atoms with Gasteiger partial charge in [-0.15, -0.1) is 0 Å². The largest absolute Gasteiger partial charge is 0.295 e. The van der Waals surface area contributed by atoms with Crippen LogP contribution in [0.25, 0.3) is 0 Å². The molecule has 0 aliphatic heterocycles. The zero-order valence-electron chi connectivity index (χ0n) is 9.61. The van der Waals surface area contributed by atoms with Crippen molar-refractivity contribution in [2.24, 2.45) is 0 Å². The molecule has 1 nitrogen and oxygen atoms in total. The van der Waals surface area contributed by atoms with Crippen molar-refractivity contribution in [2.75, 3.05) is 0 Å². The monoisotopic (exact) mass is 214 g/mol. The summed E-state index contributed by atoms with van der Waals surface area (Å²) in [5.41, 5.74) is 2.33. The summed E-state index contributed by atoms with van der Waals surface area (Å²) < 4.78 is 0. The molecule has 0 saturated heterocycles. The number of aryl methyl sites for hydroxylation is 1. The lowest BCUT2D eigenvalue weighted by Gasteiger charge is -2.11. The molecular formula is C15H18O. The standard InChI is InChI=1S/C15H18O/c16-15(14-9-5-2-6-10-14)12-11-13-7-3-1-4-8-13/h1,3-4,7-9H,2,5-6,10-12H2. The van der Waals surface area contributed by atoms with Crippen LogP contribution in [0.3, 0.4) is 0 Å². The van der Waals surface area contributed by atoms with Gasteiger partial charge in [-0.1, -0.05) is 36.4 Å². The predicted octanol–water partition coefficient (Wildman–Crippen LogP) is 3.69. The molecule has 1 aromatic carbocycles. The SMILES string of the molecule is O=C(CCc1ccccc1)C1=CCCCC1. The first-order valence-corrected chi connectivity index (χ1v) is 6.12. The number of allylic oxidation sites excluding steroid dienone is 2. The van der Waals surface area contributed by atoms with E-state index >= 15 is 0 Å². The van der Waals surface area contributed by atoms with Crippen LogP contribution in [-0.4, -0.2) is 5.78 Å². The number of carbonyl (C=O) groups excluding carboxylic acids is 1. The molecule has 1 aliphatic rings. The third kappa shape index (κ3) is 3.06. The van der Waals surface area contributed by atoms with E-state index < -0.39 is 0 Å². The molecule has 0 fully saturated rings. The molecule has 1 heteroatoms. The summed E-state index contributed by atoms with van der Waals surface area (Å²) in [4.78, 5) is 11.9. The summed E-state index contributed by atoms with van der Waals surface area (Å²) in [7, 11) is 0. The summed E-state index contributed by atoms with van der Waals surface area (Å²) in [6.07, 6.45) is 8.18. The van der Waals surface area contributed by atoms with Gasteiger partial charge in [-0.25, -0.2) is 0 Å². The van der Waals surface area contributed by atoms with Gasteiger partial charge >= 0.3 is 0 Å². The highest BCUT2D eigenvalue weighted by Crippen LogP contribution is 2.19. The fourth-order valence-electron chi connectivity index (χ4n) is 2.15. The Hall–Kier alpha value is -1.37. The van der Waals surface area contributed by atoms with Crippen molar-refractivity contribution in [1.82, 2.24) is 0 Å². The molecule has 16 heavy (non-hydrogen) atoms. The van der Waals surface area contributed by atoms with Crippen molar-refractivity contribution < 1.29 is 4.79 Å². The van der Waals surface area contributed by atoms with Crippen molar-refractivity contribution in [3.63, 3.8) is 0 Å². The van der Waals surface area contributed by atoms with Gasteiger partial charge < -0.3 is 0 Å². The molecule has 1 aromatic rings. The molecule has 0 bridgehead atoms. The van der Waals surface area contributed by atoms with Crippen LogP contribution in [0.1, 0.15) is 37.7 Å². The molecular weight excluding hydrogens is 196 g/mol. The van der Waals surface area contributed by atoms with Crippen LogP contribution in [0.5, 0.6) is 0 Å². The van der Waals surface area contributed by atoms with Gasteiger partial charge in [0.05, 0.1) is 0 Å². The third-order valence-corrected chi connectivity index (χ3v) is 3.13. The maximum Gasteiger partial charge on any atom is 0.158 e. The van der Waals surface area contributed by atoms with Crippen LogP contribution >= 0.6 is 0 Å². The Labute approximate surface area is 97.2 Å². The van der Waals surface area contributed by atoms with Crippen molar-refractivity contribution in [3.05, 3.63) is 47.5 Å². The molecule has 2 rings (SSSR count). The van der Waals surface area contributed by atoms with E-state index in [0.717, 1.165) is 24.8 Å². The molecule has 0 spiro atoms. The second-order valence-electron chi connectivity index (χ2n) is 4.38. The van der Waals surface area contributed by atoms with Gasteiger partial charge in [0.1, 0.15) is 0 Å². The Balaban J connectivity index is 1.86. The van der Waals surface area contributed by atoms with Gasteiger partial charge in [-0.3, -0.25) is 4.79 Å².